The van der Waals surface area contributed by atoms with Crippen LogP contribution < -0.4 is 0 Å². The van der Waals surface area contributed by atoms with Gasteiger partial charge in [-0.15, -0.1) is 0 Å². The third-order valence-electron chi connectivity index (χ3n) is 2.02. The van der Waals surface area contributed by atoms with Crippen LogP contribution in [0.5, 0.6) is 0 Å². The zero-order valence-electron chi connectivity index (χ0n) is 7.79. The first-order valence-electron chi connectivity index (χ1n) is 3.95. The van der Waals surface area contributed by atoms with E-state index < -0.39 is 9.05 Å². The highest BCUT2D eigenvalue weighted by Gasteiger charge is 2.19. The standard InChI is InChI=1S/C9H7BrClNO2S/c1-6-2-3-9(15(11,13)14)8(5-12)7(6)4-10/h2-3H,4H2,1H3. The number of rotatable bonds is 2. The Morgan fingerprint density at radius 1 is 1.53 bits per heavy atom. The van der Waals surface area contributed by atoms with Gasteiger partial charge in [-0.3, -0.25) is 0 Å². The second kappa shape index (κ2) is 4.52. The van der Waals surface area contributed by atoms with Crippen molar-refractivity contribution in [1.82, 2.24) is 0 Å². The first kappa shape index (κ1) is 12.5. The van der Waals surface area contributed by atoms with E-state index in [1.54, 1.807) is 6.07 Å². The van der Waals surface area contributed by atoms with E-state index >= 15 is 0 Å². The molecule has 0 amide bonds. The SMILES string of the molecule is Cc1ccc(S(=O)(=O)Cl)c(C#N)c1CBr. The zero-order chi connectivity index (χ0) is 11.6. The average Bonchev–Trinajstić information content (AvgIpc) is 2.15. The summed E-state index contributed by atoms with van der Waals surface area (Å²) >= 11 is 3.21. The largest absolute Gasteiger partial charge is 0.262 e. The van der Waals surface area contributed by atoms with E-state index in [4.69, 9.17) is 15.9 Å². The molecule has 0 saturated carbocycles. The lowest BCUT2D eigenvalue weighted by molar-refractivity contribution is 0.609. The van der Waals surface area contributed by atoms with Crippen LogP contribution in [-0.4, -0.2) is 8.42 Å². The van der Waals surface area contributed by atoms with Crippen LogP contribution in [0.3, 0.4) is 0 Å². The van der Waals surface area contributed by atoms with E-state index in [0.717, 1.165) is 5.56 Å². The van der Waals surface area contributed by atoms with Crippen molar-refractivity contribution in [2.45, 2.75) is 17.1 Å². The second-order valence-corrected chi connectivity index (χ2v) is 6.01. The minimum absolute atomic E-state index is 0.113. The Labute approximate surface area is 101 Å². The number of nitrogens with zero attached hydrogens (tertiary/aromatic N) is 1. The van der Waals surface area contributed by atoms with Crippen molar-refractivity contribution < 1.29 is 8.42 Å². The van der Waals surface area contributed by atoms with Gasteiger partial charge in [-0.05, 0) is 24.1 Å². The molecular weight excluding hydrogens is 302 g/mol. The summed E-state index contributed by atoms with van der Waals surface area (Å²) in [6.07, 6.45) is 0. The Morgan fingerprint density at radius 3 is 2.53 bits per heavy atom. The molecule has 0 aliphatic carbocycles. The third-order valence-corrected chi connectivity index (χ3v) is 3.94. The molecule has 0 spiro atoms. The van der Waals surface area contributed by atoms with Crippen LogP contribution in [0.1, 0.15) is 16.7 Å². The van der Waals surface area contributed by atoms with Crippen molar-refractivity contribution in [2.75, 3.05) is 0 Å². The van der Waals surface area contributed by atoms with Crippen LogP contribution in [-0.2, 0) is 14.4 Å². The molecule has 3 nitrogen and oxygen atoms in total. The molecule has 0 atom stereocenters. The van der Waals surface area contributed by atoms with Crippen molar-refractivity contribution in [3.63, 3.8) is 0 Å². The van der Waals surface area contributed by atoms with E-state index in [2.05, 4.69) is 15.9 Å². The summed E-state index contributed by atoms with van der Waals surface area (Å²) in [5.74, 6) is 0. The molecule has 0 aromatic heterocycles. The fourth-order valence-electron chi connectivity index (χ4n) is 1.23. The molecule has 0 saturated heterocycles. The molecule has 15 heavy (non-hydrogen) atoms. The van der Waals surface area contributed by atoms with Gasteiger partial charge >= 0.3 is 0 Å². The topological polar surface area (TPSA) is 57.9 Å². The lowest BCUT2D eigenvalue weighted by Crippen LogP contribution is -2.00. The van der Waals surface area contributed by atoms with Gasteiger partial charge in [0.1, 0.15) is 11.0 Å². The summed E-state index contributed by atoms with van der Waals surface area (Å²) in [4.78, 5) is -0.133. The quantitative estimate of drug-likeness (QED) is 0.623. The molecular formula is C9H7BrClNO2S. The second-order valence-electron chi connectivity index (χ2n) is 2.92. The monoisotopic (exact) mass is 307 g/mol. The third kappa shape index (κ3) is 2.51. The molecule has 80 valence electrons. The predicted octanol–water partition coefficient (Wildman–Crippen LogP) is 2.69. The average molecular weight is 309 g/mol. The molecule has 6 heteroatoms. The molecule has 1 aromatic rings. The highest BCUT2D eigenvalue weighted by atomic mass is 79.9. The maximum absolute atomic E-state index is 11.2. The smallest absolute Gasteiger partial charge is 0.207 e. The summed E-state index contributed by atoms with van der Waals surface area (Å²) in [6.45, 7) is 1.81. The Kier molecular flexibility index (Phi) is 3.77. The van der Waals surface area contributed by atoms with Crippen LogP contribution in [0.15, 0.2) is 17.0 Å². The van der Waals surface area contributed by atoms with E-state index in [1.807, 2.05) is 13.0 Å². The van der Waals surface area contributed by atoms with Crippen LogP contribution in [0, 0.1) is 18.3 Å². The summed E-state index contributed by atoms with van der Waals surface area (Å²) in [5.41, 5.74) is 1.62. The van der Waals surface area contributed by atoms with Crippen molar-refractivity contribution in [3.8, 4) is 6.07 Å². The van der Waals surface area contributed by atoms with Crippen molar-refractivity contribution in [2.24, 2.45) is 0 Å². The number of benzene rings is 1. The van der Waals surface area contributed by atoms with Crippen molar-refractivity contribution in [1.29, 1.82) is 5.26 Å². The lowest BCUT2D eigenvalue weighted by atomic mass is 10.0. The van der Waals surface area contributed by atoms with Gasteiger partial charge in [0.2, 0.25) is 0 Å². The van der Waals surface area contributed by atoms with Gasteiger partial charge in [-0.25, -0.2) is 8.42 Å². The molecule has 0 aliphatic heterocycles. The van der Waals surface area contributed by atoms with E-state index in [-0.39, 0.29) is 10.5 Å². The fourth-order valence-corrected chi connectivity index (χ4v) is 2.98. The van der Waals surface area contributed by atoms with Crippen LogP contribution in [0.4, 0.5) is 0 Å². The number of nitriles is 1. The number of hydrogen-bond acceptors (Lipinski definition) is 3. The molecule has 0 bridgehead atoms. The summed E-state index contributed by atoms with van der Waals surface area (Å²) in [6, 6.07) is 4.85. The van der Waals surface area contributed by atoms with Crippen LogP contribution in [0.2, 0.25) is 0 Å². The fraction of sp³-hybridized carbons (Fsp3) is 0.222. The molecule has 0 N–H and O–H groups in total. The highest BCUT2D eigenvalue weighted by molar-refractivity contribution is 9.08. The van der Waals surface area contributed by atoms with Crippen molar-refractivity contribution >= 4 is 35.7 Å². The normalized spacial score (nSPS) is 11.1. The maximum atomic E-state index is 11.2. The molecule has 0 fully saturated rings. The van der Waals surface area contributed by atoms with Gasteiger partial charge in [-0.2, -0.15) is 5.26 Å². The molecule has 0 radical (unpaired) electrons. The number of alkyl halides is 1. The molecule has 0 heterocycles. The molecule has 0 aliphatic rings. The van der Waals surface area contributed by atoms with Crippen LogP contribution in [0.25, 0.3) is 0 Å². The van der Waals surface area contributed by atoms with E-state index in [0.29, 0.717) is 10.9 Å². The van der Waals surface area contributed by atoms with Gasteiger partial charge < -0.3 is 0 Å². The van der Waals surface area contributed by atoms with E-state index in [1.165, 1.54) is 6.07 Å². The molecule has 1 rings (SSSR count). The maximum Gasteiger partial charge on any atom is 0.262 e. The zero-order valence-corrected chi connectivity index (χ0v) is 10.9. The Morgan fingerprint density at radius 2 is 2.13 bits per heavy atom. The molecule has 1 aromatic carbocycles. The number of halogens is 2. The van der Waals surface area contributed by atoms with Gasteiger partial charge in [-0.1, -0.05) is 22.0 Å². The van der Waals surface area contributed by atoms with Gasteiger partial charge in [0.05, 0.1) is 5.56 Å². The highest BCUT2D eigenvalue weighted by Crippen LogP contribution is 2.26. The van der Waals surface area contributed by atoms with Gasteiger partial charge in [0.15, 0.2) is 0 Å². The summed E-state index contributed by atoms with van der Waals surface area (Å²) in [5, 5.41) is 9.34. The minimum atomic E-state index is -3.87. The minimum Gasteiger partial charge on any atom is -0.207 e. The van der Waals surface area contributed by atoms with Crippen LogP contribution >= 0.6 is 26.6 Å². The van der Waals surface area contributed by atoms with E-state index in [9.17, 15) is 8.42 Å². The number of hydrogen-bond donors (Lipinski definition) is 0. The molecule has 0 unspecified atom stereocenters. The Hall–Kier alpha value is -0.570. The lowest BCUT2D eigenvalue weighted by Gasteiger charge is -2.07. The Bertz CT molecular complexity index is 534. The van der Waals surface area contributed by atoms with Gasteiger partial charge in [0.25, 0.3) is 9.05 Å². The summed E-state index contributed by atoms with van der Waals surface area (Å²) in [7, 11) is 1.36. The summed E-state index contributed by atoms with van der Waals surface area (Å²) < 4.78 is 22.4. The first-order valence-corrected chi connectivity index (χ1v) is 7.38. The first-order chi connectivity index (χ1) is 6.91. The predicted molar refractivity (Wildman–Crippen MR) is 61.6 cm³/mol. The Balaban J connectivity index is 3.66. The van der Waals surface area contributed by atoms with Crippen molar-refractivity contribution in [3.05, 3.63) is 28.8 Å². The number of aryl methyl sites for hydroxylation is 1. The van der Waals surface area contributed by atoms with Gasteiger partial charge in [0, 0.05) is 16.0 Å².